The van der Waals surface area contributed by atoms with E-state index in [-0.39, 0.29) is 18.1 Å². The molecule has 3 rings (SSSR count). The molecule has 1 saturated heterocycles. The van der Waals surface area contributed by atoms with Crippen LogP contribution in [-0.4, -0.2) is 42.7 Å². The SMILES string of the molecule is Cc1ccc(-c2nc(CCNC(=O)[C@H]3NCCO[C@@H]3C)co2)cc1. The van der Waals surface area contributed by atoms with E-state index in [1.54, 1.807) is 6.26 Å². The van der Waals surface area contributed by atoms with Crippen LogP contribution in [0, 0.1) is 6.92 Å². The van der Waals surface area contributed by atoms with Gasteiger partial charge in [0.15, 0.2) is 0 Å². The maximum atomic E-state index is 12.2. The summed E-state index contributed by atoms with van der Waals surface area (Å²) < 4.78 is 11.0. The van der Waals surface area contributed by atoms with Crippen molar-refractivity contribution in [1.29, 1.82) is 0 Å². The van der Waals surface area contributed by atoms with Gasteiger partial charge in [0.05, 0.1) is 18.4 Å². The van der Waals surface area contributed by atoms with Gasteiger partial charge in [-0.15, -0.1) is 0 Å². The van der Waals surface area contributed by atoms with Crippen molar-refractivity contribution in [2.24, 2.45) is 0 Å². The normalized spacial score (nSPS) is 20.8. The lowest BCUT2D eigenvalue weighted by Crippen LogP contribution is -2.55. The van der Waals surface area contributed by atoms with Crippen LogP contribution in [0.3, 0.4) is 0 Å². The molecular formula is C18H23N3O3. The summed E-state index contributed by atoms with van der Waals surface area (Å²) in [4.78, 5) is 16.6. The van der Waals surface area contributed by atoms with Crippen molar-refractivity contribution in [3.8, 4) is 11.5 Å². The molecule has 0 aliphatic carbocycles. The van der Waals surface area contributed by atoms with E-state index in [4.69, 9.17) is 9.15 Å². The largest absolute Gasteiger partial charge is 0.444 e. The zero-order chi connectivity index (χ0) is 16.9. The minimum atomic E-state index is -0.292. The Hall–Kier alpha value is -2.18. The predicted octanol–water partition coefficient (Wildman–Crippen LogP) is 1.69. The predicted molar refractivity (Wildman–Crippen MR) is 90.6 cm³/mol. The van der Waals surface area contributed by atoms with Crippen molar-refractivity contribution in [3.05, 3.63) is 41.8 Å². The van der Waals surface area contributed by atoms with E-state index in [1.165, 1.54) is 5.56 Å². The van der Waals surface area contributed by atoms with E-state index < -0.39 is 0 Å². The second-order valence-electron chi connectivity index (χ2n) is 6.06. The molecule has 2 aromatic rings. The Labute approximate surface area is 141 Å². The number of ether oxygens (including phenoxy) is 1. The minimum Gasteiger partial charge on any atom is -0.444 e. The fraction of sp³-hybridized carbons (Fsp3) is 0.444. The average molecular weight is 329 g/mol. The summed E-state index contributed by atoms with van der Waals surface area (Å²) >= 11 is 0. The molecule has 0 radical (unpaired) electrons. The molecule has 1 aromatic carbocycles. The molecule has 1 amide bonds. The maximum Gasteiger partial charge on any atom is 0.239 e. The van der Waals surface area contributed by atoms with E-state index in [0.717, 1.165) is 11.3 Å². The highest BCUT2D eigenvalue weighted by molar-refractivity contribution is 5.82. The van der Waals surface area contributed by atoms with Crippen molar-refractivity contribution < 1.29 is 13.9 Å². The van der Waals surface area contributed by atoms with Crippen LogP contribution in [0.15, 0.2) is 34.9 Å². The van der Waals surface area contributed by atoms with Gasteiger partial charge in [-0.25, -0.2) is 4.98 Å². The first-order valence-electron chi connectivity index (χ1n) is 8.27. The van der Waals surface area contributed by atoms with E-state index in [0.29, 0.717) is 32.0 Å². The van der Waals surface area contributed by atoms with Gasteiger partial charge in [-0.3, -0.25) is 4.79 Å². The first-order chi connectivity index (χ1) is 11.6. The number of aryl methyl sites for hydroxylation is 1. The lowest BCUT2D eigenvalue weighted by molar-refractivity contribution is -0.128. The molecular weight excluding hydrogens is 306 g/mol. The van der Waals surface area contributed by atoms with Gasteiger partial charge in [0.1, 0.15) is 12.3 Å². The van der Waals surface area contributed by atoms with Gasteiger partial charge in [-0.05, 0) is 26.0 Å². The number of nitrogens with one attached hydrogen (secondary N) is 2. The Morgan fingerprint density at radius 2 is 2.17 bits per heavy atom. The molecule has 2 heterocycles. The monoisotopic (exact) mass is 329 g/mol. The zero-order valence-corrected chi connectivity index (χ0v) is 14.0. The fourth-order valence-corrected chi connectivity index (χ4v) is 2.70. The molecule has 1 fully saturated rings. The summed E-state index contributed by atoms with van der Waals surface area (Å²) in [6.07, 6.45) is 2.16. The number of hydrogen-bond acceptors (Lipinski definition) is 5. The number of carbonyl (C=O) groups excluding carboxylic acids is 1. The van der Waals surface area contributed by atoms with Crippen molar-refractivity contribution >= 4 is 5.91 Å². The second kappa shape index (κ2) is 7.59. The first kappa shape index (κ1) is 16.7. The molecule has 0 bridgehead atoms. The van der Waals surface area contributed by atoms with Crippen LogP contribution in [0.4, 0.5) is 0 Å². The van der Waals surface area contributed by atoms with Gasteiger partial charge in [-0.2, -0.15) is 0 Å². The van der Waals surface area contributed by atoms with E-state index in [9.17, 15) is 4.79 Å². The molecule has 2 atom stereocenters. The van der Waals surface area contributed by atoms with Gasteiger partial charge in [0.2, 0.25) is 11.8 Å². The van der Waals surface area contributed by atoms with E-state index in [1.807, 2.05) is 38.1 Å². The molecule has 6 nitrogen and oxygen atoms in total. The summed E-state index contributed by atoms with van der Waals surface area (Å²) in [6.45, 7) is 5.81. The van der Waals surface area contributed by atoms with Gasteiger partial charge in [0, 0.05) is 25.1 Å². The number of hydrogen-bond donors (Lipinski definition) is 2. The summed E-state index contributed by atoms with van der Waals surface area (Å²) in [5.41, 5.74) is 2.97. The third kappa shape index (κ3) is 4.01. The quantitative estimate of drug-likeness (QED) is 0.873. The number of benzene rings is 1. The highest BCUT2D eigenvalue weighted by atomic mass is 16.5. The molecule has 2 N–H and O–H groups in total. The summed E-state index contributed by atoms with van der Waals surface area (Å²) in [5, 5.41) is 6.10. The molecule has 24 heavy (non-hydrogen) atoms. The van der Waals surface area contributed by atoms with Crippen LogP contribution in [0.2, 0.25) is 0 Å². The molecule has 0 saturated carbocycles. The Balaban J connectivity index is 1.50. The molecule has 1 aromatic heterocycles. The highest BCUT2D eigenvalue weighted by Gasteiger charge is 2.27. The molecule has 1 aliphatic rings. The van der Waals surface area contributed by atoms with Crippen molar-refractivity contribution in [1.82, 2.24) is 15.6 Å². The minimum absolute atomic E-state index is 0.0375. The van der Waals surface area contributed by atoms with Crippen LogP contribution < -0.4 is 10.6 Å². The lowest BCUT2D eigenvalue weighted by Gasteiger charge is -2.29. The Bertz CT molecular complexity index is 681. The Morgan fingerprint density at radius 3 is 2.92 bits per heavy atom. The number of oxazole rings is 1. The smallest absolute Gasteiger partial charge is 0.239 e. The number of aromatic nitrogens is 1. The topological polar surface area (TPSA) is 76.4 Å². The molecule has 6 heteroatoms. The summed E-state index contributed by atoms with van der Waals surface area (Å²) in [6, 6.07) is 7.74. The third-order valence-electron chi connectivity index (χ3n) is 4.13. The molecule has 1 aliphatic heterocycles. The van der Waals surface area contributed by atoms with Gasteiger partial charge < -0.3 is 19.8 Å². The number of morpholine rings is 1. The lowest BCUT2D eigenvalue weighted by atomic mass is 10.1. The molecule has 0 unspecified atom stereocenters. The van der Waals surface area contributed by atoms with Crippen LogP contribution in [-0.2, 0) is 16.0 Å². The number of carbonyl (C=O) groups is 1. The standard InChI is InChI=1S/C18H23N3O3/c1-12-3-5-14(6-4-12)18-21-15(11-24-18)7-8-20-17(22)16-13(2)23-10-9-19-16/h3-6,11,13,16,19H,7-10H2,1-2H3,(H,20,22)/t13-,16+/m1/s1. The maximum absolute atomic E-state index is 12.2. The van der Waals surface area contributed by atoms with E-state index in [2.05, 4.69) is 15.6 Å². The van der Waals surface area contributed by atoms with Crippen LogP contribution in [0.25, 0.3) is 11.5 Å². The van der Waals surface area contributed by atoms with Gasteiger partial charge in [0.25, 0.3) is 0 Å². The zero-order valence-electron chi connectivity index (χ0n) is 14.0. The highest BCUT2D eigenvalue weighted by Crippen LogP contribution is 2.19. The fourth-order valence-electron chi connectivity index (χ4n) is 2.70. The van der Waals surface area contributed by atoms with Crippen LogP contribution >= 0.6 is 0 Å². The van der Waals surface area contributed by atoms with Crippen LogP contribution in [0.1, 0.15) is 18.2 Å². The Kier molecular flexibility index (Phi) is 5.27. The van der Waals surface area contributed by atoms with Crippen molar-refractivity contribution in [3.63, 3.8) is 0 Å². The third-order valence-corrected chi connectivity index (χ3v) is 4.13. The Morgan fingerprint density at radius 1 is 1.38 bits per heavy atom. The summed E-state index contributed by atoms with van der Waals surface area (Å²) in [5.74, 6) is 0.566. The van der Waals surface area contributed by atoms with Crippen LogP contribution in [0.5, 0.6) is 0 Å². The van der Waals surface area contributed by atoms with Gasteiger partial charge >= 0.3 is 0 Å². The molecule has 0 spiro atoms. The average Bonchev–Trinajstić information content (AvgIpc) is 3.04. The summed E-state index contributed by atoms with van der Waals surface area (Å²) in [7, 11) is 0. The number of nitrogens with zero attached hydrogens (tertiary/aromatic N) is 1. The molecule has 128 valence electrons. The van der Waals surface area contributed by atoms with Crippen molar-refractivity contribution in [2.45, 2.75) is 32.4 Å². The first-order valence-corrected chi connectivity index (χ1v) is 8.27. The number of amides is 1. The number of rotatable bonds is 5. The van der Waals surface area contributed by atoms with Crippen molar-refractivity contribution in [2.75, 3.05) is 19.7 Å². The second-order valence-corrected chi connectivity index (χ2v) is 6.06. The van der Waals surface area contributed by atoms with E-state index >= 15 is 0 Å². The van der Waals surface area contributed by atoms with Gasteiger partial charge in [-0.1, -0.05) is 17.7 Å².